The first-order chi connectivity index (χ1) is 12.1. The Morgan fingerprint density at radius 2 is 1.56 bits per heavy atom. The lowest BCUT2D eigenvalue weighted by Crippen LogP contribution is -2.21. The number of anilines is 2. The number of hydrogen-bond acceptors (Lipinski definition) is 4. The fourth-order valence-electron chi connectivity index (χ4n) is 2.37. The number of carbonyl (C=O) groups excluding carboxylic acids is 2. The van der Waals surface area contributed by atoms with Crippen LogP contribution in [-0.2, 0) is 16.0 Å². The molecular formula is C20H24N2O3. The van der Waals surface area contributed by atoms with Crippen LogP contribution in [-0.4, -0.2) is 25.0 Å². The predicted molar refractivity (Wildman–Crippen MR) is 100.0 cm³/mol. The normalized spacial score (nSPS) is 10.2. The maximum absolute atomic E-state index is 12.0. The van der Waals surface area contributed by atoms with Crippen LogP contribution < -0.4 is 10.6 Å². The Morgan fingerprint density at radius 1 is 0.920 bits per heavy atom. The number of amides is 1. The molecule has 0 saturated carbocycles. The van der Waals surface area contributed by atoms with Crippen LogP contribution in [0.3, 0.4) is 0 Å². The van der Waals surface area contributed by atoms with Gasteiger partial charge in [-0.3, -0.25) is 4.79 Å². The van der Waals surface area contributed by atoms with Crippen molar-refractivity contribution in [3.63, 3.8) is 0 Å². The molecule has 0 unspecified atom stereocenters. The van der Waals surface area contributed by atoms with E-state index >= 15 is 0 Å². The quantitative estimate of drug-likeness (QED) is 0.716. The van der Waals surface area contributed by atoms with Gasteiger partial charge in [0.15, 0.2) is 0 Å². The SMILES string of the molecule is CCCc1ccc(NCC(=O)Nc2ccc(C(=O)OCC)cc2)cc1. The topological polar surface area (TPSA) is 67.4 Å². The van der Waals surface area contributed by atoms with E-state index in [0.29, 0.717) is 17.9 Å². The summed E-state index contributed by atoms with van der Waals surface area (Å²) in [4.78, 5) is 23.6. The van der Waals surface area contributed by atoms with Gasteiger partial charge in [-0.2, -0.15) is 0 Å². The average molecular weight is 340 g/mol. The van der Waals surface area contributed by atoms with Crippen molar-refractivity contribution in [1.29, 1.82) is 0 Å². The number of hydrogen-bond donors (Lipinski definition) is 2. The van der Waals surface area contributed by atoms with Crippen molar-refractivity contribution in [3.05, 3.63) is 59.7 Å². The van der Waals surface area contributed by atoms with E-state index in [9.17, 15) is 9.59 Å². The fourth-order valence-corrected chi connectivity index (χ4v) is 2.37. The van der Waals surface area contributed by atoms with Crippen LogP contribution in [0.1, 0.15) is 36.2 Å². The smallest absolute Gasteiger partial charge is 0.338 e. The molecular weight excluding hydrogens is 316 g/mol. The van der Waals surface area contributed by atoms with Gasteiger partial charge in [0.1, 0.15) is 0 Å². The number of rotatable bonds is 8. The molecule has 25 heavy (non-hydrogen) atoms. The van der Waals surface area contributed by atoms with Gasteiger partial charge in [-0.05, 0) is 55.3 Å². The zero-order valence-electron chi connectivity index (χ0n) is 14.7. The molecule has 2 N–H and O–H groups in total. The molecule has 0 spiro atoms. The molecule has 1 amide bonds. The van der Waals surface area contributed by atoms with E-state index < -0.39 is 0 Å². The molecule has 0 radical (unpaired) electrons. The molecule has 0 aliphatic carbocycles. The summed E-state index contributed by atoms with van der Waals surface area (Å²) in [5.41, 5.74) is 3.30. The summed E-state index contributed by atoms with van der Waals surface area (Å²) in [6, 6.07) is 14.7. The molecule has 5 nitrogen and oxygen atoms in total. The average Bonchev–Trinajstić information content (AvgIpc) is 2.62. The highest BCUT2D eigenvalue weighted by atomic mass is 16.5. The Bertz CT molecular complexity index is 694. The second kappa shape index (κ2) is 9.47. The number of nitrogens with one attached hydrogen (secondary N) is 2. The lowest BCUT2D eigenvalue weighted by atomic mass is 10.1. The second-order valence-corrected chi connectivity index (χ2v) is 5.65. The van der Waals surface area contributed by atoms with E-state index in [2.05, 4.69) is 29.7 Å². The third-order valence-electron chi connectivity index (χ3n) is 3.63. The van der Waals surface area contributed by atoms with Crippen molar-refractivity contribution in [2.45, 2.75) is 26.7 Å². The molecule has 0 fully saturated rings. The fraction of sp³-hybridized carbons (Fsp3) is 0.300. The second-order valence-electron chi connectivity index (χ2n) is 5.65. The van der Waals surface area contributed by atoms with Crippen LogP contribution in [0.15, 0.2) is 48.5 Å². The molecule has 2 aromatic rings. The molecule has 0 aromatic heterocycles. The minimum atomic E-state index is -0.367. The molecule has 0 heterocycles. The zero-order valence-corrected chi connectivity index (χ0v) is 14.7. The number of ether oxygens (including phenoxy) is 1. The summed E-state index contributed by atoms with van der Waals surface area (Å²) in [5, 5.41) is 5.88. The summed E-state index contributed by atoms with van der Waals surface area (Å²) in [6.07, 6.45) is 2.17. The lowest BCUT2D eigenvalue weighted by Gasteiger charge is -2.09. The highest BCUT2D eigenvalue weighted by Crippen LogP contribution is 2.12. The van der Waals surface area contributed by atoms with E-state index in [1.54, 1.807) is 31.2 Å². The van der Waals surface area contributed by atoms with Crippen LogP contribution >= 0.6 is 0 Å². The highest BCUT2D eigenvalue weighted by Gasteiger charge is 2.07. The van der Waals surface area contributed by atoms with Crippen LogP contribution in [0.2, 0.25) is 0 Å². The Labute approximate surface area is 148 Å². The Morgan fingerprint density at radius 3 is 2.16 bits per heavy atom. The van der Waals surface area contributed by atoms with Gasteiger partial charge < -0.3 is 15.4 Å². The molecule has 0 bridgehead atoms. The Balaban J connectivity index is 1.82. The molecule has 132 valence electrons. The number of aryl methyl sites for hydroxylation is 1. The third kappa shape index (κ3) is 5.95. The van der Waals surface area contributed by atoms with E-state index in [-0.39, 0.29) is 18.4 Å². The molecule has 5 heteroatoms. The van der Waals surface area contributed by atoms with Crippen molar-refractivity contribution in [2.75, 3.05) is 23.8 Å². The summed E-state index contributed by atoms with van der Waals surface area (Å²) in [6.45, 7) is 4.42. The first-order valence-corrected chi connectivity index (χ1v) is 8.52. The summed E-state index contributed by atoms with van der Waals surface area (Å²) >= 11 is 0. The molecule has 2 rings (SSSR count). The van der Waals surface area contributed by atoms with Gasteiger partial charge in [-0.25, -0.2) is 4.79 Å². The van der Waals surface area contributed by atoms with E-state index in [1.807, 2.05) is 12.1 Å². The highest BCUT2D eigenvalue weighted by molar-refractivity contribution is 5.95. The third-order valence-corrected chi connectivity index (χ3v) is 3.63. The van der Waals surface area contributed by atoms with Crippen LogP contribution in [0.5, 0.6) is 0 Å². The van der Waals surface area contributed by atoms with Crippen molar-refractivity contribution in [3.8, 4) is 0 Å². The molecule has 0 aliphatic heterocycles. The van der Waals surface area contributed by atoms with Gasteiger partial charge in [0.05, 0.1) is 18.7 Å². The van der Waals surface area contributed by atoms with Gasteiger partial charge in [-0.15, -0.1) is 0 Å². The van der Waals surface area contributed by atoms with E-state index in [4.69, 9.17) is 4.74 Å². The molecule has 0 atom stereocenters. The zero-order chi connectivity index (χ0) is 18.1. The van der Waals surface area contributed by atoms with Gasteiger partial charge >= 0.3 is 5.97 Å². The lowest BCUT2D eigenvalue weighted by molar-refractivity contribution is -0.114. The number of carbonyl (C=O) groups is 2. The van der Waals surface area contributed by atoms with Crippen molar-refractivity contribution in [1.82, 2.24) is 0 Å². The largest absolute Gasteiger partial charge is 0.462 e. The van der Waals surface area contributed by atoms with Crippen LogP contribution in [0, 0.1) is 0 Å². The predicted octanol–water partition coefficient (Wildman–Crippen LogP) is 3.87. The van der Waals surface area contributed by atoms with Crippen molar-refractivity contribution >= 4 is 23.3 Å². The summed E-state index contributed by atoms with van der Waals surface area (Å²) < 4.78 is 4.92. The standard InChI is InChI=1S/C20H24N2O3/c1-3-5-15-6-10-17(11-7-15)21-14-19(23)22-18-12-8-16(9-13-18)20(24)25-4-2/h6-13,21H,3-5,14H2,1-2H3,(H,22,23). The maximum Gasteiger partial charge on any atom is 0.338 e. The Kier molecular flexibility index (Phi) is 7.01. The Hall–Kier alpha value is -2.82. The van der Waals surface area contributed by atoms with Gasteiger partial charge in [-0.1, -0.05) is 25.5 Å². The minimum Gasteiger partial charge on any atom is -0.462 e. The maximum atomic E-state index is 12.0. The first-order valence-electron chi connectivity index (χ1n) is 8.52. The minimum absolute atomic E-state index is 0.151. The van der Waals surface area contributed by atoms with Gasteiger partial charge in [0.25, 0.3) is 0 Å². The molecule has 0 saturated heterocycles. The summed E-state index contributed by atoms with van der Waals surface area (Å²) in [7, 11) is 0. The van der Waals surface area contributed by atoms with Gasteiger partial charge in [0, 0.05) is 11.4 Å². The molecule has 0 aliphatic rings. The van der Waals surface area contributed by atoms with E-state index in [1.165, 1.54) is 5.56 Å². The molecule has 2 aromatic carbocycles. The first kappa shape index (κ1) is 18.5. The summed E-state index contributed by atoms with van der Waals surface area (Å²) in [5.74, 6) is -0.518. The van der Waals surface area contributed by atoms with Crippen LogP contribution in [0.25, 0.3) is 0 Å². The van der Waals surface area contributed by atoms with Crippen LogP contribution in [0.4, 0.5) is 11.4 Å². The number of benzene rings is 2. The number of esters is 1. The van der Waals surface area contributed by atoms with Crippen molar-refractivity contribution in [2.24, 2.45) is 0 Å². The van der Waals surface area contributed by atoms with Crippen molar-refractivity contribution < 1.29 is 14.3 Å². The monoisotopic (exact) mass is 340 g/mol. The van der Waals surface area contributed by atoms with E-state index in [0.717, 1.165) is 18.5 Å². The van der Waals surface area contributed by atoms with Gasteiger partial charge in [0.2, 0.25) is 5.91 Å².